The SMILES string of the molecule is CCCCC(OC(=O)NC1CC1)C(OCOC)c1ccccc1C. The molecule has 0 aromatic heterocycles. The topological polar surface area (TPSA) is 56.8 Å². The smallest absolute Gasteiger partial charge is 0.407 e. The Bertz CT molecular complexity index is 516. The number of carbonyl (C=O) groups is 1. The lowest BCUT2D eigenvalue weighted by atomic mass is 9.96. The van der Waals surface area contributed by atoms with Crippen molar-refractivity contribution < 1.29 is 19.0 Å². The second kappa shape index (κ2) is 9.64. The van der Waals surface area contributed by atoms with Crippen molar-refractivity contribution in [1.82, 2.24) is 5.32 Å². The summed E-state index contributed by atoms with van der Waals surface area (Å²) in [4.78, 5) is 12.1. The Hall–Kier alpha value is -1.59. The molecule has 134 valence electrons. The van der Waals surface area contributed by atoms with E-state index < -0.39 is 0 Å². The average Bonchev–Trinajstić information content (AvgIpc) is 3.37. The maximum Gasteiger partial charge on any atom is 0.407 e. The van der Waals surface area contributed by atoms with Crippen LogP contribution in [0.4, 0.5) is 4.79 Å². The molecule has 1 aromatic carbocycles. The maximum atomic E-state index is 12.1. The number of methoxy groups -OCH3 is 1. The van der Waals surface area contributed by atoms with Gasteiger partial charge in [0.2, 0.25) is 0 Å². The number of ether oxygens (including phenoxy) is 3. The average molecular weight is 335 g/mol. The van der Waals surface area contributed by atoms with E-state index in [1.165, 1.54) is 0 Å². The van der Waals surface area contributed by atoms with Gasteiger partial charge >= 0.3 is 6.09 Å². The van der Waals surface area contributed by atoms with Crippen LogP contribution in [0.3, 0.4) is 0 Å². The van der Waals surface area contributed by atoms with Gasteiger partial charge in [-0.05, 0) is 43.7 Å². The Morgan fingerprint density at radius 1 is 1.33 bits per heavy atom. The van der Waals surface area contributed by atoms with Crippen LogP contribution in [0.5, 0.6) is 0 Å². The summed E-state index contributed by atoms with van der Waals surface area (Å²) in [6.45, 7) is 4.33. The van der Waals surface area contributed by atoms with Gasteiger partial charge in [0, 0.05) is 13.2 Å². The second-order valence-corrected chi connectivity index (χ2v) is 6.35. The van der Waals surface area contributed by atoms with Crippen molar-refractivity contribution in [2.45, 2.75) is 64.2 Å². The van der Waals surface area contributed by atoms with E-state index in [9.17, 15) is 4.79 Å². The summed E-state index contributed by atoms with van der Waals surface area (Å²) >= 11 is 0. The van der Waals surface area contributed by atoms with Crippen LogP contribution in [0.15, 0.2) is 24.3 Å². The first kappa shape index (κ1) is 18.7. The first-order valence-corrected chi connectivity index (χ1v) is 8.79. The first-order valence-electron chi connectivity index (χ1n) is 8.79. The molecule has 0 radical (unpaired) electrons. The van der Waals surface area contributed by atoms with E-state index in [0.29, 0.717) is 0 Å². The van der Waals surface area contributed by atoms with Crippen LogP contribution in [0, 0.1) is 6.92 Å². The van der Waals surface area contributed by atoms with Gasteiger partial charge in [0.15, 0.2) is 0 Å². The number of amides is 1. The summed E-state index contributed by atoms with van der Waals surface area (Å²) in [5.74, 6) is 0. The maximum absolute atomic E-state index is 12.1. The molecular weight excluding hydrogens is 306 g/mol. The van der Waals surface area contributed by atoms with Gasteiger partial charge in [0.25, 0.3) is 0 Å². The summed E-state index contributed by atoms with van der Waals surface area (Å²) < 4.78 is 16.7. The molecule has 2 rings (SSSR count). The standard InChI is InChI=1S/C19H29NO4/c1-4-5-10-17(24-19(21)20-15-11-12-15)18(23-13-22-3)16-9-7-6-8-14(16)2/h6-9,15,17-18H,4-5,10-13H2,1-3H3,(H,20,21). The highest BCUT2D eigenvalue weighted by molar-refractivity contribution is 5.68. The van der Waals surface area contributed by atoms with Crippen molar-refractivity contribution in [3.63, 3.8) is 0 Å². The van der Waals surface area contributed by atoms with E-state index in [4.69, 9.17) is 14.2 Å². The van der Waals surface area contributed by atoms with Crippen molar-refractivity contribution in [3.05, 3.63) is 35.4 Å². The van der Waals surface area contributed by atoms with Crippen LogP contribution in [0.25, 0.3) is 0 Å². The summed E-state index contributed by atoms with van der Waals surface area (Å²) in [7, 11) is 1.59. The number of nitrogens with one attached hydrogen (secondary N) is 1. The number of unbranched alkanes of at least 4 members (excludes halogenated alkanes) is 1. The Morgan fingerprint density at radius 2 is 2.08 bits per heavy atom. The largest absolute Gasteiger partial charge is 0.443 e. The van der Waals surface area contributed by atoms with Gasteiger partial charge in [-0.1, -0.05) is 37.6 Å². The van der Waals surface area contributed by atoms with Gasteiger partial charge in [-0.2, -0.15) is 0 Å². The molecule has 1 aromatic rings. The molecule has 2 unspecified atom stereocenters. The molecule has 5 heteroatoms. The Balaban J connectivity index is 2.14. The minimum Gasteiger partial charge on any atom is -0.443 e. The zero-order valence-electron chi connectivity index (χ0n) is 14.9. The summed E-state index contributed by atoms with van der Waals surface area (Å²) in [5.41, 5.74) is 2.15. The first-order chi connectivity index (χ1) is 11.7. The molecule has 1 N–H and O–H groups in total. The highest BCUT2D eigenvalue weighted by Gasteiger charge is 2.31. The molecule has 0 bridgehead atoms. The lowest BCUT2D eigenvalue weighted by Gasteiger charge is -2.28. The van der Waals surface area contributed by atoms with Crippen molar-refractivity contribution in [3.8, 4) is 0 Å². The second-order valence-electron chi connectivity index (χ2n) is 6.35. The van der Waals surface area contributed by atoms with E-state index in [-0.39, 0.29) is 31.1 Å². The van der Waals surface area contributed by atoms with Crippen LogP contribution >= 0.6 is 0 Å². The molecule has 24 heavy (non-hydrogen) atoms. The number of hydrogen-bond acceptors (Lipinski definition) is 4. The highest BCUT2D eigenvalue weighted by atomic mass is 16.7. The molecule has 1 aliphatic rings. The molecule has 2 atom stereocenters. The predicted octanol–water partition coefficient (Wildman–Crippen LogP) is 4.10. The number of alkyl carbamates (subject to hydrolysis) is 1. The van der Waals surface area contributed by atoms with Crippen molar-refractivity contribution in [1.29, 1.82) is 0 Å². The predicted molar refractivity (Wildman–Crippen MR) is 92.8 cm³/mol. The normalized spacial score (nSPS) is 16.5. The number of carbonyl (C=O) groups excluding carboxylic acids is 1. The summed E-state index contributed by atoms with van der Waals surface area (Å²) in [5, 5.41) is 2.89. The van der Waals surface area contributed by atoms with Crippen LogP contribution in [-0.4, -0.2) is 32.1 Å². The fourth-order valence-electron chi connectivity index (χ4n) is 2.69. The number of rotatable bonds is 10. The lowest BCUT2D eigenvalue weighted by Crippen LogP contribution is -2.34. The molecule has 1 saturated carbocycles. The van der Waals surface area contributed by atoms with E-state index in [2.05, 4.69) is 12.2 Å². The number of benzene rings is 1. The quantitative estimate of drug-likeness (QED) is 0.654. The van der Waals surface area contributed by atoms with Crippen molar-refractivity contribution >= 4 is 6.09 Å². The third kappa shape index (κ3) is 5.80. The third-order valence-corrected chi connectivity index (χ3v) is 4.20. The molecule has 1 aliphatic carbocycles. The van der Waals surface area contributed by atoms with Crippen LogP contribution < -0.4 is 5.32 Å². The molecule has 0 heterocycles. The van der Waals surface area contributed by atoms with E-state index >= 15 is 0 Å². The summed E-state index contributed by atoms with van der Waals surface area (Å²) in [6, 6.07) is 8.32. The van der Waals surface area contributed by atoms with Crippen molar-refractivity contribution in [2.24, 2.45) is 0 Å². The lowest BCUT2D eigenvalue weighted by molar-refractivity contribution is -0.118. The molecule has 1 fully saturated rings. The minimum atomic E-state index is -0.349. The van der Waals surface area contributed by atoms with Gasteiger partial charge in [-0.3, -0.25) is 0 Å². The fraction of sp³-hybridized carbons (Fsp3) is 0.632. The minimum absolute atomic E-state index is 0.162. The van der Waals surface area contributed by atoms with Gasteiger partial charge in [-0.15, -0.1) is 0 Å². The highest BCUT2D eigenvalue weighted by Crippen LogP contribution is 2.30. The van der Waals surface area contributed by atoms with Gasteiger partial charge in [0.05, 0.1) is 0 Å². The molecular formula is C19H29NO4. The Labute approximate surface area is 144 Å². The molecule has 0 saturated heterocycles. The summed E-state index contributed by atoms with van der Waals surface area (Å²) in [6.07, 6.45) is 3.83. The van der Waals surface area contributed by atoms with E-state index in [1.54, 1.807) is 7.11 Å². The van der Waals surface area contributed by atoms with E-state index in [1.807, 2.05) is 31.2 Å². The Morgan fingerprint density at radius 3 is 2.71 bits per heavy atom. The van der Waals surface area contributed by atoms with Crippen molar-refractivity contribution in [2.75, 3.05) is 13.9 Å². The van der Waals surface area contributed by atoms with Crippen LogP contribution in [0.2, 0.25) is 0 Å². The van der Waals surface area contributed by atoms with Gasteiger partial charge in [0.1, 0.15) is 19.0 Å². The molecule has 1 amide bonds. The van der Waals surface area contributed by atoms with Crippen LogP contribution in [0.1, 0.15) is 56.3 Å². The monoisotopic (exact) mass is 335 g/mol. The van der Waals surface area contributed by atoms with Gasteiger partial charge < -0.3 is 19.5 Å². The molecule has 0 aliphatic heterocycles. The van der Waals surface area contributed by atoms with Gasteiger partial charge in [-0.25, -0.2) is 4.79 Å². The fourth-order valence-corrected chi connectivity index (χ4v) is 2.69. The molecule has 0 spiro atoms. The van der Waals surface area contributed by atoms with Crippen LogP contribution in [-0.2, 0) is 14.2 Å². The Kier molecular flexibility index (Phi) is 7.53. The third-order valence-electron chi connectivity index (χ3n) is 4.20. The zero-order chi connectivity index (χ0) is 17.4. The number of hydrogen-bond donors (Lipinski definition) is 1. The molecule has 5 nitrogen and oxygen atoms in total. The zero-order valence-corrected chi connectivity index (χ0v) is 14.9. The number of aryl methyl sites for hydroxylation is 1. The van der Waals surface area contributed by atoms with E-state index in [0.717, 1.165) is 43.2 Å².